The fourth-order valence-electron chi connectivity index (χ4n) is 4.77. The summed E-state index contributed by atoms with van der Waals surface area (Å²) < 4.78 is 32.5. The minimum absolute atomic E-state index is 0.129. The second kappa shape index (κ2) is 35.2. The Labute approximate surface area is 313 Å². The van der Waals surface area contributed by atoms with Crippen molar-refractivity contribution in [3.05, 3.63) is 60.8 Å². The van der Waals surface area contributed by atoms with Gasteiger partial charge in [0.25, 0.3) is 0 Å². The first-order chi connectivity index (χ1) is 25.1. The molecule has 0 bridgehead atoms. The van der Waals surface area contributed by atoms with Gasteiger partial charge in [0.1, 0.15) is 12.6 Å². The summed E-state index contributed by atoms with van der Waals surface area (Å²) in [7, 11) is -4.72. The molecule has 0 amide bonds. The molecule has 0 heterocycles. The zero-order chi connectivity index (χ0) is 38.5. The molecule has 4 N–H and O–H groups in total. The molecule has 12 heteroatoms. The van der Waals surface area contributed by atoms with Gasteiger partial charge in [-0.2, -0.15) is 0 Å². The van der Waals surface area contributed by atoms with Gasteiger partial charge in [-0.3, -0.25) is 23.4 Å². The second-order valence-electron chi connectivity index (χ2n) is 12.8. The number of phosphoric acid groups is 1. The topological polar surface area (TPSA) is 172 Å². The van der Waals surface area contributed by atoms with Crippen molar-refractivity contribution in [3.8, 4) is 0 Å². The molecule has 0 aliphatic heterocycles. The molecule has 0 spiro atoms. The Hall–Kier alpha value is -2.82. The molecule has 11 nitrogen and oxygen atoms in total. The molecule has 0 rings (SSSR count). The number of carboxylic acid groups (broad SMARTS) is 1. The first-order valence-electron chi connectivity index (χ1n) is 19.4. The highest BCUT2D eigenvalue weighted by atomic mass is 31.2. The van der Waals surface area contributed by atoms with Crippen molar-refractivity contribution in [2.45, 2.75) is 154 Å². The predicted molar refractivity (Wildman–Crippen MR) is 208 cm³/mol. The third kappa shape index (κ3) is 34.3. The minimum Gasteiger partial charge on any atom is -0.480 e. The SMILES string of the molecule is CC/C=C/C=C/C=C/C=C/CCCCCCCC(=O)O[C@H](COC(=O)CCCCC/C=C/CCCCCCCC)COP(=O)(O)OC[C@H](N)C(=O)O. The lowest BCUT2D eigenvalue weighted by molar-refractivity contribution is -0.161. The molecule has 1 unspecified atom stereocenters. The van der Waals surface area contributed by atoms with Gasteiger partial charge in [0.05, 0.1) is 13.2 Å². The van der Waals surface area contributed by atoms with Crippen molar-refractivity contribution in [2.24, 2.45) is 5.73 Å². The van der Waals surface area contributed by atoms with Crippen LogP contribution in [0.15, 0.2) is 60.8 Å². The Bertz CT molecular complexity index is 1120. The van der Waals surface area contributed by atoms with E-state index < -0.39 is 51.1 Å². The van der Waals surface area contributed by atoms with Crippen LogP contribution in [0.4, 0.5) is 0 Å². The molecule has 0 aliphatic carbocycles. The smallest absolute Gasteiger partial charge is 0.472 e. The molecule has 0 aromatic rings. The van der Waals surface area contributed by atoms with Gasteiger partial charge in [0, 0.05) is 12.8 Å². The third-order valence-corrected chi connectivity index (χ3v) is 8.79. The van der Waals surface area contributed by atoms with Gasteiger partial charge in [-0.15, -0.1) is 0 Å². The largest absolute Gasteiger partial charge is 0.480 e. The van der Waals surface area contributed by atoms with E-state index in [9.17, 15) is 23.8 Å². The summed E-state index contributed by atoms with van der Waals surface area (Å²) in [6.45, 7) is 2.58. The number of unbranched alkanes of at least 4 members (excludes halogenated alkanes) is 14. The van der Waals surface area contributed by atoms with E-state index in [4.69, 9.17) is 24.8 Å². The predicted octanol–water partition coefficient (Wildman–Crippen LogP) is 9.61. The van der Waals surface area contributed by atoms with Gasteiger partial charge in [-0.1, -0.05) is 132 Å². The van der Waals surface area contributed by atoms with Crippen LogP contribution in [-0.4, -0.2) is 59.9 Å². The number of phosphoric ester groups is 1. The number of rotatable bonds is 35. The van der Waals surface area contributed by atoms with Crippen LogP contribution in [0.5, 0.6) is 0 Å². The van der Waals surface area contributed by atoms with Crippen LogP contribution >= 0.6 is 7.82 Å². The third-order valence-electron chi connectivity index (χ3n) is 7.84. The molecule has 0 aliphatic rings. The van der Waals surface area contributed by atoms with Crippen molar-refractivity contribution in [1.29, 1.82) is 0 Å². The lowest BCUT2D eigenvalue weighted by atomic mass is 10.1. The normalized spacial score (nSPS) is 14.5. The average Bonchev–Trinajstić information content (AvgIpc) is 3.12. The Balaban J connectivity index is 4.52. The van der Waals surface area contributed by atoms with Crippen LogP contribution in [0.25, 0.3) is 0 Å². The maximum atomic E-state index is 12.6. The fourth-order valence-corrected chi connectivity index (χ4v) is 5.55. The number of aliphatic carboxylic acids is 1. The molecular weight excluding hydrogens is 685 g/mol. The van der Waals surface area contributed by atoms with Crippen molar-refractivity contribution in [3.63, 3.8) is 0 Å². The lowest BCUT2D eigenvalue weighted by Gasteiger charge is -2.20. The van der Waals surface area contributed by atoms with E-state index in [-0.39, 0.29) is 19.4 Å². The molecule has 0 aromatic carbocycles. The lowest BCUT2D eigenvalue weighted by Crippen LogP contribution is -2.34. The Morgan fingerprint density at radius 1 is 0.615 bits per heavy atom. The van der Waals surface area contributed by atoms with E-state index in [1.54, 1.807) is 0 Å². The van der Waals surface area contributed by atoms with E-state index in [2.05, 4.69) is 42.7 Å². The number of esters is 2. The van der Waals surface area contributed by atoms with Crippen LogP contribution in [0, 0.1) is 0 Å². The van der Waals surface area contributed by atoms with E-state index in [1.807, 2.05) is 36.5 Å². The Morgan fingerprint density at radius 3 is 1.69 bits per heavy atom. The molecule has 3 atom stereocenters. The second-order valence-corrected chi connectivity index (χ2v) is 14.2. The number of hydrogen-bond acceptors (Lipinski definition) is 9. The van der Waals surface area contributed by atoms with Gasteiger partial charge in [-0.25, -0.2) is 4.57 Å². The highest BCUT2D eigenvalue weighted by molar-refractivity contribution is 7.47. The maximum absolute atomic E-state index is 12.6. The number of carboxylic acids is 1. The summed E-state index contributed by atoms with van der Waals surface area (Å²) in [5.41, 5.74) is 5.31. The van der Waals surface area contributed by atoms with Crippen LogP contribution in [0.1, 0.15) is 142 Å². The number of allylic oxidation sites excluding steroid dienone is 10. The summed E-state index contributed by atoms with van der Waals surface area (Å²) >= 11 is 0. The van der Waals surface area contributed by atoms with Crippen molar-refractivity contribution < 1.29 is 47.5 Å². The van der Waals surface area contributed by atoms with Crippen LogP contribution in [-0.2, 0) is 37.5 Å². The van der Waals surface area contributed by atoms with Crippen LogP contribution in [0.3, 0.4) is 0 Å². The molecular formula is C40H68NO10P. The maximum Gasteiger partial charge on any atom is 0.472 e. The highest BCUT2D eigenvalue weighted by Gasteiger charge is 2.28. The minimum atomic E-state index is -4.72. The first kappa shape index (κ1) is 49.2. The van der Waals surface area contributed by atoms with Gasteiger partial charge in [0.2, 0.25) is 0 Å². The number of carbonyl (C=O) groups is 3. The summed E-state index contributed by atoms with van der Waals surface area (Å²) in [6.07, 6.45) is 38.6. The zero-order valence-electron chi connectivity index (χ0n) is 31.9. The molecule has 0 radical (unpaired) electrons. The van der Waals surface area contributed by atoms with E-state index in [1.165, 1.54) is 38.5 Å². The molecule has 0 saturated heterocycles. The van der Waals surface area contributed by atoms with Crippen molar-refractivity contribution in [2.75, 3.05) is 19.8 Å². The summed E-state index contributed by atoms with van der Waals surface area (Å²) in [5.74, 6) is -2.44. The zero-order valence-corrected chi connectivity index (χ0v) is 32.8. The van der Waals surface area contributed by atoms with Crippen LogP contribution in [0.2, 0.25) is 0 Å². The number of ether oxygens (including phenoxy) is 2. The Kier molecular flexibility index (Phi) is 33.3. The molecule has 0 saturated carbocycles. The summed E-state index contributed by atoms with van der Waals surface area (Å²) in [6, 6.07) is -1.53. The monoisotopic (exact) mass is 753 g/mol. The Morgan fingerprint density at radius 2 is 1.10 bits per heavy atom. The highest BCUT2D eigenvalue weighted by Crippen LogP contribution is 2.43. The number of nitrogens with two attached hydrogens (primary N) is 1. The number of carbonyl (C=O) groups excluding carboxylic acids is 2. The average molecular weight is 754 g/mol. The standard InChI is InChI=1S/C40H68NO10P/c1-3-5-7-9-11-13-15-17-18-20-22-24-26-28-30-32-39(43)51-36(34-49-52(46,47)50-35-37(41)40(44)45)33-48-38(42)31-29-27-25-23-21-19-16-14-12-10-8-6-4-2/h5,7,9,11,13,15,17-19,21,36-37H,3-4,6,8,10,12,14,16,20,22-35,41H2,1-2H3,(H,44,45)(H,46,47)/b7-5+,11-9+,15-13+,18-17+,21-19+/t36-,37+/m1/s1. The summed E-state index contributed by atoms with van der Waals surface area (Å²) in [5, 5.41) is 8.86. The molecule has 0 aromatic heterocycles. The van der Waals surface area contributed by atoms with E-state index >= 15 is 0 Å². The fraction of sp³-hybridized carbons (Fsp3) is 0.675. The van der Waals surface area contributed by atoms with Crippen molar-refractivity contribution in [1.82, 2.24) is 0 Å². The molecule has 0 fully saturated rings. The van der Waals surface area contributed by atoms with E-state index in [0.717, 1.165) is 64.2 Å². The van der Waals surface area contributed by atoms with E-state index in [0.29, 0.717) is 12.8 Å². The van der Waals surface area contributed by atoms with Gasteiger partial charge < -0.3 is 25.2 Å². The van der Waals surface area contributed by atoms with Gasteiger partial charge in [-0.05, 0) is 57.8 Å². The molecule has 298 valence electrons. The van der Waals surface area contributed by atoms with Gasteiger partial charge in [0.15, 0.2) is 6.10 Å². The van der Waals surface area contributed by atoms with Gasteiger partial charge >= 0.3 is 25.7 Å². The molecule has 52 heavy (non-hydrogen) atoms. The van der Waals surface area contributed by atoms with Crippen molar-refractivity contribution >= 4 is 25.7 Å². The first-order valence-corrected chi connectivity index (χ1v) is 20.9. The quantitative estimate of drug-likeness (QED) is 0.0185. The summed E-state index contributed by atoms with van der Waals surface area (Å²) in [4.78, 5) is 45.8. The van der Waals surface area contributed by atoms with Crippen LogP contribution < -0.4 is 5.73 Å². The number of hydrogen-bond donors (Lipinski definition) is 3.